The molecular formula is C17H16FN3O4. The number of rotatable bonds is 7. The number of hydrogen-bond donors (Lipinski definition) is 3. The van der Waals surface area contributed by atoms with Crippen molar-refractivity contribution in [2.75, 3.05) is 18.5 Å². The average molecular weight is 345 g/mol. The summed E-state index contributed by atoms with van der Waals surface area (Å²) in [5.41, 5.74) is 5.77. The fourth-order valence-electron chi connectivity index (χ4n) is 1.91. The standard InChI is InChI=1S/C17H16FN3O4/c18-11-5-7-12(8-6-11)21-15(22)9-20-16(23)10-25-14-4-2-1-3-13(14)17(19)24/h1-8H,9-10H2,(H2,19,24)(H,20,23)(H,21,22). The van der Waals surface area contributed by atoms with E-state index in [0.717, 1.165) is 0 Å². The molecule has 0 heterocycles. The maximum absolute atomic E-state index is 12.8. The molecular weight excluding hydrogens is 329 g/mol. The molecule has 0 saturated carbocycles. The number of benzene rings is 2. The van der Waals surface area contributed by atoms with Crippen LogP contribution in [0, 0.1) is 5.82 Å². The van der Waals surface area contributed by atoms with Crippen LogP contribution in [0.4, 0.5) is 10.1 Å². The Morgan fingerprint density at radius 3 is 2.36 bits per heavy atom. The Morgan fingerprint density at radius 1 is 1.00 bits per heavy atom. The summed E-state index contributed by atoms with van der Waals surface area (Å²) in [6, 6.07) is 11.5. The number of para-hydroxylation sites is 1. The van der Waals surface area contributed by atoms with Crippen molar-refractivity contribution in [1.82, 2.24) is 5.32 Å². The lowest BCUT2D eigenvalue weighted by atomic mass is 10.2. The Kier molecular flexibility index (Phi) is 6.05. The van der Waals surface area contributed by atoms with E-state index in [9.17, 15) is 18.8 Å². The van der Waals surface area contributed by atoms with Crippen LogP contribution < -0.4 is 21.1 Å². The third-order valence-corrected chi connectivity index (χ3v) is 3.09. The second-order valence-electron chi connectivity index (χ2n) is 4.98. The smallest absolute Gasteiger partial charge is 0.258 e. The van der Waals surface area contributed by atoms with Gasteiger partial charge >= 0.3 is 0 Å². The monoisotopic (exact) mass is 345 g/mol. The van der Waals surface area contributed by atoms with E-state index in [-0.39, 0.29) is 24.5 Å². The van der Waals surface area contributed by atoms with Gasteiger partial charge in [0.2, 0.25) is 5.91 Å². The van der Waals surface area contributed by atoms with Crippen LogP contribution in [0.15, 0.2) is 48.5 Å². The highest BCUT2D eigenvalue weighted by Crippen LogP contribution is 2.16. The van der Waals surface area contributed by atoms with E-state index in [1.165, 1.54) is 36.4 Å². The quantitative estimate of drug-likeness (QED) is 0.697. The van der Waals surface area contributed by atoms with E-state index in [1.54, 1.807) is 12.1 Å². The minimum absolute atomic E-state index is 0.157. The minimum Gasteiger partial charge on any atom is -0.483 e. The number of ether oxygens (including phenoxy) is 1. The minimum atomic E-state index is -0.672. The molecule has 0 aromatic heterocycles. The van der Waals surface area contributed by atoms with E-state index in [2.05, 4.69) is 10.6 Å². The fraction of sp³-hybridized carbons (Fsp3) is 0.118. The third kappa shape index (κ3) is 5.61. The third-order valence-electron chi connectivity index (χ3n) is 3.09. The lowest BCUT2D eigenvalue weighted by molar-refractivity contribution is -0.125. The van der Waals surface area contributed by atoms with Gasteiger partial charge in [0, 0.05) is 5.69 Å². The Labute approximate surface area is 143 Å². The van der Waals surface area contributed by atoms with Crippen LogP contribution in [0.1, 0.15) is 10.4 Å². The van der Waals surface area contributed by atoms with Crippen LogP contribution in [0.25, 0.3) is 0 Å². The Bertz CT molecular complexity index is 778. The van der Waals surface area contributed by atoms with Gasteiger partial charge in [-0.3, -0.25) is 14.4 Å². The summed E-state index contributed by atoms with van der Waals surface area (Å²) in [7, 11) is 0. The van der Waals surface area contributed by atoms with Gasteiger partial charge in [0.15, 0.2) is 6.61 Å². The SMILES string of the molecule is NC(=O)c1ccccc1OCC(=O)NCC(=O)Nc1ccc(F)cc1. The molecule has 0 aliphatic carbocycles. The molecule has 8 heteroatoms. The second kappa shape index (κ2) is 8.44. The topological polar surface area (TPSA) is 111 Å². The van der Waals surface area contributed by atoms with Crippen LogP contribution in [0.5, 0.6) is 5.75 Å². The van der Waals surface area contributed by atoms with Crippen LogP contribution in [0.2, 0.25) is 0 Å². The summed E-state index contributed by atoms with van der Waals surface area (Å²) in [5.74, 6) is -1.93. The van der Waals surface area contributed by atoms with Crippen molar-refractivity contribution in [2.45, 2.75) is 0 Å². The molecule has 130 valence electrons. The zero-order valence-corrected chi connectivity index (χ0v) is 13.1. The van der Waals surface area contributed by atoms with Gasteiger partial charge < -0.3 is 21.1 Å². The predicted octanol–water partition coefficient (Wildman–Crippen LogP) is 1.06. The van der Waals surface area contributed by atoms with Gasteiger partial charge in [-0.15, -0.1) is 0 Å². The Hall–Kier alpha value is -3.42. The second-order valence-corrected chi connectivity index (χ2v) is 4.98. The van der Waals surface area contributed by atoms with Crippen molar-refractivity contribution in [3.8, 4) is 5.75 Å². The highest BCUT2D eigenvalue weighted by atomic mass is 19.1. The van der Waals surface area contributed by atoms with E-state index in [1.807, 2.05) is 0 Å². The maximum atomic E-state index is 12.8. The molecule has 0 unspecified atom stereocenters. The molecule has 3 amide bonds. The van der Waals surface area contributed by atoms with Crippen LogP contribution in [-0.2, 0) is 9.59 Å². The molecule has 2 aromatic rings. The van der Waals surface area contributed by atoms with Gasteiger partial charge in [0.05, 0.1) is 12.1 Å². The van der Waals surface area contributed by atoms with Gasteiger partial charge in [0.1, 0.15) is 11.6 Å². The van der Waals surface area contributed by atoms with E-state index in [0.29, 0.717) is 5.69 Å². The lowest BCUT2D eigenvalue weighted by Gasteiger charge is -2.10. The molecule has 2 aromatic carbocycles. The molecule has 2 rings (SSSR count). The first-order valence-corrected chi connectivity index (χ1v) is 7.29. The van der Waals surface area contributed by atoms with Crippen molar-refractivity contribution >= 4 is 23.4 Å². The van der Waals surface area contributed by atoms with Crippen molar-refractivity contribution in [3.63, 3.8) is 0 Å². The van der Waals surface area contributed by atoms with Crippen LogP contribution in [0.3, 0.4) is 0 Å². The maximum Gasteiger partial charge on any atom is 0.258 e. The van der Waals surface area contributed by atoms with Crippen molar-refractivity contribution in [3.05, 3.63) is 59.9 Å². The molecule has 7 nitrogen and oxygen atoms in total. The first-order valence-electron chi connectivity index (χ1n) is 7.29. The Morgan fingerprint density at radius 2 is 1.68 bits per heavy atom. The van der Waals surface area contributed by atoms with E-state index in [4.69, 9.17) is 10.5 Å². The van der Waals surface area contributed by atoms with E-state index < -0.39 is 23.5 Å². The summed E-state index contributed by atoms with van der Waals surface area (Å²) in [5, 5.41) is 4.87. The normalized spacial score (nSPS) is 9.96. The molecule has 0 aliphatic heterocycles. The highest BCUT2D eigenvalue weighted by molar-refractivity contribution is 5.96. The molecule has 4 N–H and O–H groups in total. The molecule has 0 aliphatic rings. The fourth-order valence-corrected chi connectivity index (χ4v) is 1.91. The average Bonchev–Trinajstić information content (AvgIpc) is 2.60. The van der Waals surface area contributed by atoms with Gasteiger partial charge in [-0.1, -0.05) is 12.1 Å². The zero-order chi connectivity index (χ0) is 18.2. The first kappa shape index (κ1) is 17.9. The number of anilines is 1. The number of nitrogens with two attached hydrogens (primary N) is 1. The molecule has 0 atom stereocenters. The largest absolute Gasteiger partial charge is 0.483 e. The predicted molar refractivity (Wildman–Crippen MR) is 88.5 cm³/mol. The van der Waals surface area contributed by atoms with Gasteiger partial charge in [0.25, 0.3) is 11.8 Å². The summed E-state index contributed by atoms with van der Waals surface area (Å²) in [6.45, 7) is -0.662. The van der Waals surface area contributed by atoms with Gasteiger partial charge in [-0.2, -0.15) is 0 Å². The van der Waals surface area contributed by atoms with Crippen LogP contribution >= 0.6 is 0 Å². The molecule has 0 bridgehead atoms. The highest BCUT2D eigenvalue weighted by Gasteiger charge is 2.11. The van der Waals surface area contributed by atoms with Crippen molar-refractivity contribution in [1.29, 1.82) is 0 Å². The van der Waals surface area contributed by atoms with Crippen LogP contribution in [-0.4, -0.2) is 30.9 Å². The number of carbonyl (C=O) groups is 3. The number of amides is 3. The van der Waals surface area contributed by atoms with Gasteiger partial charge in [-0.05, 0) is 36.4 Å². The summed E-state index contributed by atoms with van der Waals surface area (Å²) >= 11 is 0. The van der Waals surface area contributed by atoms with Crippen molar-refractivity contribution < 1.29 is 23.5 Å². The first-order chi connectivity index (χ1) is 12.0. The van der Waals surface area contributed by atoms with Gasteiger partial charge in [-0.25, -0.2) is 4.39 Å². The number of primary amides is 1. The molecule has 0 radical (unpaired) electrons. The van der Waals surface area contributed by atoms with E-state index >= 15 is 0 Å². The zero-order valence-electron chi connectivity index (χ0n) is 13.1. The Balaban J connectivity index is 1.78. The summed E-state index contributed by atoms with van der Waals surface area (Å²) in [6.07, 6.45) is 0. The molecule has 25 heavy (non-hydrogen) atoms. The molecule has 0 fully saturated rings. The lowest BCUT2D eigenvalue weighted by Crippen LogP contribution is -2.35. The molecule has 0 spiro atoms. The molecule has 0 saturated heterocycles. The summed E-state index contributed by atoms with van der Waals surface area (Å²) in [4.78, 5) is 34.7. The summed E-state index contributed by atoms with van der Waals surface area (Å²) < 4.78 is 18.0. The number of halogens is 1. The number of hydrogen-bond acceptors (Lipinski definition) is 4. The number of carbonyl (C=O) groups excluding carboxylic acids is 3. The number of nitrogens with one attached hydrogen (secondary N) is 2. The van der Waals surface area contributed by atoms with Crippen molar-refractivity contribution in [2.24, 2.45) is 5.73 Å².